The number of ether oxygens (including phenoxy) is 1. The minimum Gasteiger partial charge on any atom is -0.374 e. The lowest BCUT2D eigenvalue weighted by atomic mass is 10.1. The third-order valence-electron chi connectivity index (χ3n) is 2.99. The van der Waals surface area contributed by atoms with Gasteiger partial charge in [0, 0.05) is 6.04 Å². The molecule has 78 valence electrons. The summed E-state index contributed by atoms with van der Waals surface area (Å²) in [4.78, 5) is 0. The van der Waals surface area contributed by atoms with Gasteiger partial charge in [-0.15, -0.1) is 0 Å². The first-order chi connectivity index (χ1) is 6.24. The summed E-state index contributed by atoms with van der Waals surface area (Å²) in [5, 5.41) is 0. The van der Waals surface area contributed by atoms with Crippen LogP contribution in [-0.4, -0.2) is 18.2 Å². The second-order valence-corrected chi connectivity index (χ2v) is 4.20. The summed E-state index contributed by atoms with van der Waals surface area (Å²) in [5.74, 6) is 0. The summed E-state index contributed by atoms with van der Waals surface area (Å²) in [7, 11) is 0. The highest BCUT2D eigenvalue weighted by molar-refractivity contribution is 4.77. The Morgan fingerprint density at radius 3 is 2.69 bits per heavy atom. The van der Waals surface area contributed by atoms with Crippen molar-refractivity contribution in [1.29, 1.82) is 0 Å². The van der Waals surface area contributed by atoms with Gasteiger partial charge in [-0.3, -0.25) is 0 Å². The summed E-state index contributed by atoms with van der Waals surface area (Å²) in [6.07, 6.45) is 7.96. The predicted octanol–water partition coefficient (Wildman–Crippen LogP) is 2.46. The quantitative estimate of drug-likeness (QED) is 0.685. The molecular weight excluding hydrogens is 162 g/mol. The van der Waals surface area contributed by atoms with Crippen molar-refractivity contribution >= 4 is 0 Å². The van der Waals surface area contributed by atoms with E-state index in [1.807, 2.05) is 0 Å². The molecule has 1 aliphatic carbocycles. The molecule has 0 bridgehead atoms. The monoisotopic (exact) mass is 185 g/mol. The van der Waals surface area contributed by atoms with E-state index in [-0.39, 0.29) is 6.04 Å². The summed E-state index contributed by atoms with van der Waals surface area (Å²) in [6.45, 7) is 4.30. The maximum atomic E-state index is 6.06. The Kier molecular flexibility index (Phi) is 4.74. The summed E-state index contributed by atoms with van der Waals surface area (Å²) >= 11 is 0. The van der Waals surface area contributed by atoms with E-state index >= 15 is 0 Å². The van der Waals surface area contributed by atoms with Crippen LogP contribution in [0.5, 0.6) is 0 Å². The van der Waals surface area contributed by atoms with E-state index in [1.165, 1.54) is 19.3 Å². The summed E-state index contributed by atoms with van der Waals surface area (Å²) in [5.41, 5.74) is 6.06. The van der Waals surface area contributed by atoms with Crippen LogP contribution in [0.3, 0.4) is 0 Å². The zero-order chi connectivity index (χ0) is 9.68. The average Bonchev–Trinajstić information content (AvgIpc) is 2.32. The predicted molar refractivity (Wildman–Crippen MR) is 55.7 cm³/mol. The third kappa shape index (κ3) is 3.65. The van der Waals surface area contributed by atoms with Gasteiger partial charge in [0.05, 0.1) is 12.2 Å². The van der Waals surface area contributed by atoms with Gasteiger partial charge in [0.1, 0.15) is 0 Å². The Morgan fingerprint density at radius 1 is 1.31 bits per heavy atom. The lowest BCUT2D eigenvalue weighted by Crippen LogP contribution is -2.37. The van der Waals surface area contributed by atoms with E-state index in [0.29, 0.717) is 12.2 Å². The largest absolute Gasteiger partial charge is 0.374 e. The molecule has 0 aliphatic heterocycles. The maximum absolute atomic E-state index is 6.06. The number of nitrogens with two attached hydrogens (primary N) is 1. The molecule has 2 N–H and O–H groups in total. The molecule has 2 nitrogen and oxygen atoms in total. The molecular formula is C11H23NO. The van der Waals surface area contributed by atoms with Crippen LogP contribution in [0.25, 0.3) is 0 Å². The second-order valence-electron chi connectivity index (χ2n) is 4.20. The Bertz CT molecular complexity index is 138. The van der Waals surface area contributed by atoms with Crippen molar-refractivity contribution in [2.24, 2.45) is 5.73 Å². The molecule has 0 radical (unpaired) electrons. The first-order valence-electron chi connectivity index (χ1n) is 5.65. The minimum atomic E-state index is 0.275. The highest BCUT2D eigenvalue weighted by Crippen LogP contribution is 2.20. The fourth-order valence-corrected chi connectivity index (χ4v) is 1.87. The molecule has 0 amide bonds. The van der Waals surface area contributed by atoms with Crippen LogP contribution in [-0.2, 0) is 4.74 Å². The van der Waals surface area contributed by atoms with Gasteiger partial charge in [0.15, 0.2) is 0 Å². The van der Waals surface area contributed by atoms with Gasteiger partial charge in [-0.05, 0) is 26.2 Å². The summed E-state index contributed by atoms with van der Waals surface area (Å²) < 4.78 is 5.91. The molecule has 0 saturated heterocycles. The molecule has 1 fully saturated rings. The smallest absolute Gasteiger partial charge is 0.0729 e. The molecule has 0 aromatic carbocycles. The Hall–Kier alpha value is -0.0800. The van der Waals surface area contributed by atoms with E-state index in [0.717, 1.165) is 19.3 Å². The van der Waals surface area contributed by atoms with Crippen LogP contribution >= 0.6 is 0 Å². The summed E-state index contributed by atoms with van der Waals surface area (Å²) in [6, 6.07) is 0.275. The first-order valence-corrected chi connectivity index (χ1v) is 5.65. The molecule has 0 aromatic rings. The SMILES string of the molecule is CCC(C)OC1CCCCCC1N. The zero-order valence-corrected chi connectivity index (χ0v) is 8.96. The van der Waals surface area contributed by atoms with Gasteiger partial charge in [-0.1, -0.05) is 26.2 Å². The number of hydrogen-bond acceptors (Lipinski definition) is 2. The van der Waals surface area contributed by atoms with Crippen molar-refractivity contribution < 1.29 is 4.74 Å². The molecule has 0 spiro atoms. The fraction of sp³-hybridized carbons (Fsp3) is 1.00. The topological polar surface area (TPSA) is 35.2 Å². The second kappa shape index (κ2) is 5.61. The first kappa shape index (κ1) is 11.0. The van der Waals surface area contributed by atoms with Crippen LogP contribution in [0.2, 0.25) is 0 Å². The van der Waals surface area contributed by atoms with Crippen LogP contribution < -0.4 is 5.73 Å². The van der Waals surface area contributed by atoms with Crippen LogP contribution in [0.4, 0.5) is 0 Å². The van der Waals surface area contributed by atoms with E-state index in [2.05, 4.69) is 13.8 Å². The standard InChI is InChI=1S/C11H23NO/c1-3-9(2)13-11-8-6-4-5-7-10(11)12/h9-11H,3-8,12H2,1-2H3. The molecule has 0 aromatic heterocycles. The van der Waals surface area contributed by atoms with Gasteiger partial charge >= 0.3 is 0 Å². The van der Waals surface area contributed by atoms with E-state index < -0.39 is 0 Å². The molecule has 3 unspecified atom stereocenters. The maximum Gasteiger partial charge on any atom is 0.0729 e. The van der Waals surface area contributed by atoms with Gasteiger partial charge in [-0.25, -0.2) is 0 Å². The molecule has 1 saturated carbocycles. The molecule has 0 heterocycles. The highest BCUT2D eigenvalue weighted by Gasteiger charge is 2.22. The van der Waals surface area contributed by atoms with Crippen molar-refractivity contribution in [3.63, 3.8) is 0 Å². The minimum absolute atomic E-state index is 0.275. The van der Waals surface area contributed by atoms with Crippen LogP contribution in [0.15, 0.2) is 0 Å². The normalized spacial score (nSPS) is 32.5. The van der Waals surface area contributed by atoms with Crippen molar-refractivity contribution in [2.75, 3.05) is 0 Å². The van der Waals surface area contributed by atoms with Crippen LogP contribution in [0.1, 0.15) is 52.4 Å². The Morgan fingerprint density at radius 2 is 2.00 bits per heavy atom. The van der Waals surface area contributed by atoms with E-state index in [9.17, 15) is 0 Å². The molecule has 1 rings (SSSR count). The number of hydrogen-bond donors (Lipinski definition) is 1. The molecule has 13 heavy (non-hydrogen) atoms. The van der Waals surface area contributed by atoms with Gasteiger partial charge in [-0.2, -0.15) is 0 Å². The zero-order valence-electron chi connectivity index (χ0n) is 8.96. The van der Waals surface area contributed by atoms with Crippen molar-refractivity contribution in [2.45, 2.75) is 70.6 Å². The lowest BCUT2D eigenvalue weighted by Gasteiger charge is -2.25. The van der Waals surface area contributed by atoms with Crippen molar-refractivity contribution in [3.8, 4) is 0 Å². The molecule has 2 heteroatoms. The third-order valence-corrected chi connectivity index (χ3v) is 2.99. The lowest BCUT2D eigenvalue weighted by molar-refractivity contribution is -0.0203. The Balaban J connectivity index is 2.35. The average molecular weight is 185 g/mol. The van der Waals surface area contributed by atoms with Crippen LogP contribution in [0, 0.1) is 0 Å². The van der Waals surface area contributed by atoms with Crippen molar-refractivity contribution in [3.05, 3.63) is 0 Å². The fourth-order valence-electron chi connectivity index (χ4n) is 1.87. The molecule has 1 aliphatic rings. The highest BCUT2D eigenvalue weighted by atomic mass is 16.5. The van der Waals surface area contributed by atoms with Gasteiger partial charge < -0.3 is 10.5 Å². The van der Waals surface area contributed by atoms with Gasteiger partial charge in [0.2, 0.25) is 0 Å². The number of rotatable bonds is 3. The van der Waals surface area contributed by atoms with Gasteiger partial charge in [0.25, 0.3) is 0 Å². The Labute approximate surface area is 81.8 Å². The van der Waals surface area contributed by atoms with Crippen molar-refractivity contribution in [1.82, 2.24) is 0 Å². The van der Waals surface area contributed by atoms with E-state index in [1.54, 1.807) is 0 Å². The molecule has 3 atom stereocenters. The van der Waals surface area contributed by atoms with E-state index in [4.69, 9.17) is 10.5 Å².